The van der Waals surface area contributed by atoms with Gasteiger partial charge < -0.3 is 4.98 Å². The number of nitrogens with zero attached hydrogens (tertiary/aromatic N) is 1. The highest BCUT2D eigenvalue weighted by atomic mass is 32.1. The van der Waals surface area contributed by atoms with E-state index >= 15 is 0 Å². The predicted molar refractivity (Wildman–Crippen MR) is 49.8 cm³/mol. The van der Waals surface area contributed by atoms with E-state index in [1.807, 2.05) is 10.3 Å². The lowest BCUT2D eigenvalue weighted by atomic mass is 10.4. The molecule has 1 N–H and O–H groups in total. The van der Waals surface area contributed by atoms with Crippen LogP contribution in [0.1, 0.15) is 12.1 Å². The highest BCUT2D eigenvalue weighted by molar-refractivity contribution is 7.07. The number of rotatable bonds is 2. The van der Waals surface area contributed by atoms with Crippen molar-refractivity contribution < 1.29 is 4.79 Å². The van der Waals surface area contributed by atoms with Crippen LogP contribution in [0.5, 0.6) is 0 Å². The van der Waals surface area contributed by atoms with Gasteiger partial charge in [0.15, 0.2) is 0 Å². The highest BCUT2D eigenvalue weighted by Gasteiger charge is 2.19. The van der Waals surface area contributed by atoms with E-state index < -0.39 is 0 Å². The number of ketones is 1. The Hall–Kier alpha value is -0.940. The molecular weight excluding hydrogens is 188 g/mol. The van der Waals surface area contributed by atoms with Gasteiger partial charge in [-0.05, 0) is 0 Å². The summed E-state index contributed by atoms with van der Waals surface area (Å²) < 4.78 is 0. The van der Waals surface area contributed by atoms with Gasteiger partial charge in [-0.3, -0.25) is 14.5 Å². The molecule has 1 aliphatic rings. The number of hydrogen-bond donors (Lipinski definition) is 1. The van der Waals surface area contributed by atoms with Crippen LogP contribution in [0.4, 0.5) is 0 Å². The van der Waals surface area contributed by atoms with Gasteiger partial charge in [-0.2, -0.15) is 0 Å². The smallest absolute Gasteiger partial charge is 0.304 e. The minimum absolute atomic E-state index is 0.0273. The molecule has 0 aromatic carbocycles. The molecule has 1 aliphatic heterocycles. The quantitative estimate of drug-likeness (QED) is 0.739. The second-order valence-electron chi connectivity index (χ2n) is 3.17. The Morgan fingerprint density at radius 2 is 2.38 bits per heavy atom. The number of likely N-dealkylation sites (tertiary alicyclic amines) is 1. The summed E-state index contributed by atoms with van der Waals surface area (Å²) in [4.78, 5) is 26.5. The molecule has 0 aliphatic carbocycles. The van der Waals surface area contributed by atoms with E-state index in [4.69, 9.17) is 0 Å². The van der Waals surface area contributed by atoms with Crippen molar-refractivity contribution in [2.75, 3.05) is 13.1 Å². The zero-order valence-corrected chi connectivity index (χ0v) is 7.89. The Morgan fingerprint density at radius 1 is 1.54 bits per heavy atom. The number of thiazole rings is 1. The number of aromatic nitrogens is 1. The second-order valence-corrected chi connectivity index (χ2v) is 4.01. The maximum atomic E-state index is 10.9. The first-order valence-corrected chi connectivity index (χ1v) is 5.03. The van der Waals surface area contributed by atoms with Gasteiger partial charge in [0.05, 0.1) is 6.54 Å². The van der Waals surface area contributed by atoms with Crippen molar-refractivity contribution in [1.82, 2.24) is 9.88 Å². The minimum Gasteiger partial charge on any atom is -0.315 e. The molecule has 0 amide bonds. The van der Waals surface area contributed by atoms with E-state index in [2.05, 4.69) is 4.98 Å². The Bertz CT molecular complexity index is 368. The Kier molecular flexibility index (Phi) is 2.28. The molecule has 0 atom stereocenters. The van der Waals surface area contributed by atoms with Crippen LogP contribution in [0.15, 0.2) is 10.2 Å². The van der Waals surface area contributed by atoms with Crippen molar-refractivity contribution in [2.24, 2.45) is 0 Å². The largest absolute Gasteiger partial charge is 0.315 e. The molecule has 70 valence electrons. The van der Waals surface area contributed by atoms with E-state index in [9.17, 15) is 9.59 Å². The summed E-state index contributed by atoms with van der Waals surface area (Å²) in [5.41, 5.74) is 0.907. The number of carbonyl (C=O) groups excluding carboxylic acids is 1. The van der Waals surface area contributed by atoms with Crippen LogP contribution in [0.2, 0.25) is 0 Å². The highest BCUT2D eigenvalue weighted by Crippen LogP contribution is 2.08. The third-order valence-corrected chi connectivity index (χ3v) is 2.79. The van der Waals surface area contributed by atoms with Crippen molar-refractivity contribution in [2.45, 2.75) is 13.0 Å². The van der Waals surface area contributed by atoms with Crippen LogP contribution in [0, 0.1) is 0 Å². The van der Waals surface area contributed by atoms with Crippen LogP contribution in [0.25, 0.3) is 0 Å². The van der Waals surface area contributed by atoms with Gasteiger partial charge >= 0.3 is 4.87 Å². The predicted octanol–water partition coefficient (Wildman–Crippen LogP) is 0.211. The fourth-order valence-corrected chi connectivity index (χ4v) is 2.03. The molecule has 2 rings (SSSR count). The summed E-state index contributed by atoms with van der Waals surface area (Å²) >= 11 is 1.17. The lowest BCUT2D eigenvalue weighted by Crippen LogP contribution is -2.20. The van der Waals surface area contributed by atoms with Gasteiger partial charge in [-0.25, -0.2) is 0 Å². The molecule has 1 fully saturated rings. The summed E-state index contributed by atoms with van der Waals surface area (Å²) in [5, 5.41) is 1.81. The van der Waals surface area contributed by atoms with Crippen molar-refractivity contribution >= 4 is 17.1 Å². The fraction of sp³-hybridized carbons (Fsp3) is 0.500. The van der Waals surface area contributed by atoms with Crippen LogP contribution < -0.4 is 4.87 Å². The molecule has 13 heavy (non-hydrogen) atoms. The molecule has 1 aromatic rings. The summed E-state index contributed by atoms with van der Waals surface area (Å²) in [5.74, 6) is 0.289. The molecule has 0 bridgehead atoms. The van der Waals surface area contributed by atoms with E-state index in [-0.39, 0.29) is 10.7 Å². The Labute approximate surface area is 79.2 Å². The fourth-order valence-electron chi connectivity index (χ4n) is 1.46. The van der Waals surface area contributed by atoms with E-state index in [0.717, 1.165) is 12.2 Å². The van der Waals surface area contributed by atoms with Crippen LogP contribution in [0.3, 0.4) is 0 Å². The molecule has 4 nitrogen and oxygen atoms in total. The zero-order chi connectivity index (χ0) is 9.26. The van der Waals surface area contributed by atoms with Crippen LogP contribution >= 0.6 is 11.3 Å². The summed E-state index contributed by atoms with van der Waals surface area (Å²) in [6.45, 7) is 2.03. The topological polar surface area (TPSA) is 53.2 Å². The maximum Gasteiger partial charge on any atom is 0.304 e. The number of Topliss-reactive ketones (excluding diaryl/α,β-unsaturated/α-hetero) is 1. The minimum atomic E-state index is -0.0273. The van der Waals surface area contributed by atoms with Gasteiger partial charge in [0.25, 0.3) is 0 Å². The molecule has 2 heterocycles. The first kappa shape index (κ1) is 8.65. The molecule has 0 radical (unpaired) electrons. The third kappa shape index (κ3) is 2.05. The average molecular weight is 198 g/mol. The number of aromatic amines is 1. The van der Waals surface area contributed by atoms with Crippen molar-refractivity contribution in [1.29, 1.82) is 0 Å². The van der Waals surface area contributed by atoms with E-state index in [1.54, 1.807) is 0 Å². The lowest BCUT2D eigenvalue weighted by molar-refractivity contribution is -0.116. The molecular formula is C8H10N2O2S. The van der Waals surface area contributed by atoms with Gasteiger partial charge in [0.2, 0.25) is 0 Å². The average Bonchev–Trinajstić information content (AvgIpc) is 2.62. The number of hydrogen-bond acceptors (Lipinski definition) is 4. The second kappa shape index (κ2) is 3.43. The van der Waals surface area contributed by atoms with Crippen molar-refractivity contribution in [3.05, 3.63) is 20.7 Å². The van der Waals surface area contributed by atoms with E-state index in [1.165, 1.54) is 11.3 Å². The van der Waals surface area contributed by atoms with Gasteiger partial charge in [-0.15, -0.1) is 0 Å². The van der Waals surface area contributed by atoms with Crippen molar-refractivity contribution in [3.63, 3.8) is 0 Å². The molecule has 0 spiro atoms. The summed E-state index contributed by atoms with van der Waals surface area (Å²) in [6.07, 6.45) is 0.647. The van der Waals surface area contributed by atoms with Gasteiger partial charge in [0, 0.05) is 30.6 Å². The first-order valence-electron chi connectivity index (χ1n) is 4.15. The molecule has 5 heteroatoms. The van der Waals surface area contributed by atoms with Crippen molar-refractivity contribution in [3.8, 4) is 0 Å². The zero-order valence-electron chi connectivity index (χ0n) is 7.08. The van der Waals surface area contributed by atoms with Gasteiger partial charge in [-0.1, -0.05) is 11.3 Å². The Morgan fingerprint density at radius 3 is 2.92 bits per heavy atom. The monoisotopic (exact) mass is 198 g/mol. The van der Waals surface area contributed by atoms with Gasteiger partial charge in [0.1, 0.15) is 5.78 Å². The molecule has 1 aromatic heterocycles. The van der Waals surface area contributed by atoms with Crippen LogP contribution in [-0.4, -0.2) is 28.8 Å². The molecule has 0 unspecified atom stereocenters. The summed E-state index contributed by atoms with van der Waals surface area (Å²) in [6, 6.07) is 0. The first-order chi connectivity index (χ1) is 6.24. The maximum absolute atomic E-state index is 10.9. The molecule has 1 saturated heterocycles. The van der Waals surface area contributed by atoms with E-state index in [0.29, 0.717) is 19.5 Å². The Balaban J connectivity index is 1.99. The standard InChI is InChI=1S/C8H10N2O2S/c11-7-1-2-10(4-7)3-6-5-13-8(12)9-6/h5H,1-4H2,(H,9,12). The number of nitrogens with one attached hydrogen (secondary N) is 1. The number of carbonyl (C=O) groups is 1. The lowest BCUT2D eigenvalue weighted by Gasteiger charge is -2.10. The van der Waals surface area contributed by atoms with Crippen LogP contribution in [-0.2, 0) is 11.3 Å². The SMILES string of the molecule is O=C1CCN(Cc2csc(=O)[nH]2)C1. The summed E-state index contributed by atoms with van der Waals surface area (Å²) in [7, 11) is 0. The third-order valence-electron chi connectivity index (χ3n) is 2.07. The molecule has 0 saturated carbocycles. The normalized spacial score (nSPS) is 18.3. The number of H-pyrrole nitrogens is 1.